The van der Waals surface area contributed by atoms with Crippen LogP contribution in [0.15, 0.2) is 30.3 Å². The molecule has 1 aromatic rings. The summed E-state index contributed by atoms with van der Waals surface area (Å²) < 4.78 is 5.22. The molecular weight excluding hydrogens is 276 g/mol. The van der Waals surface area contributed by atoms with Crippen LogP contribution in [0.1, 0.15) is 70.8 Å². The molecular formula is C19H30O3. The summed E-state index contributed by atoms with van der Waals surface area (Å²) in [5.74, 6) is -0.568. The van der Waals surface area contributed by atoms with Crippen molar-refractivity contribution in [3.05, 3.63) is 35.9 Å². The molecule has 3 heteroatoms. The van der Waals surface area contributed by atoms with Crippen LogP contribution in [0.4, 0.5) is 0 Å². The molecule has 0 fully saturated rings. The third-order valence-corrected chi connectivity index (χ3v) is 3.96. The first kappa shape index (κ1) is 18.7. The van der Waals surface area contributed by atoms with E-state index in [0.717, 1.165) is 12.8 Å². The number of hydrogen-bond donors (Lipinski definition) is 1. The van der Waals surface area contributed by atoms with Gasteiger partial charge in [0, 0.05) is 0 Å². The lowest BCUT2D eigenvalue weighted by molar-refractivity contribution is -0.164. The highest BCUT2D eigenvalue weighted by molar-refractivity contribution is 5.80. The molecule has 22 heavy (non-hydrogen) atoms. The van der Waals surface area contributed by atoms with Crippen LogP contribution in [0.2, 0.25) is 0 Å². The highest BCUT2D eigenvalue weighted by atomic mass is 16.5. The Morgan fingerprint density at radius 3 is 2.14 bits per heavy atom. The number of aliphatic hydroxyl groups is 1. The van der Waals surface area contributed by atoms with Gasteiger partial charge in [0.25, 0.3) is 0 Å². The lowest BCUT2D eigenvalue weighted by Crippen LogP contribution is -2.34. The Balaban J connectivity index is 2.15. The van der Waals surface area contributed by atoms with Gasteiger partial charge in [0.2, 0.25) is 0 Å². The van der Waals surface area contributed by atoms with Crippen LogP contribution in [0.3, 0.4) is 0 Å². The normalized spacial score (nSPS) is 13.6. The molecule has 0 saturated carbocycles. The van der Waals surface area contributed by atoms with Crippen LogP contribution in [0.5, 0.6) is 0 Å². The molecule has 1 atom stereocenters. The fourth-order valence-electron chi connectivity index (χ4n) is 2.42. The van der Waals surface area contributed by atoms with Gasteiger partial charge in [-0.25, -0.2) is 4.79 Å². The summed E-state index contributed by atoms with van der Waals surface area (Å²) in [6.45, 7) is 4.09. The van der Waals surface area contributed by atoms with Crippen molar-refractivity contribution in [1.29, 1.82) is 0 Å². The van der Waals surface area contributed by atoms with Crippen LogP contribution >= 0.6 is 0 Å². The Morgan fingerprint density at radius 2 is 1.55 bits per heavy atom. The van der Waals surface area contributed by atoms with Gasteiger partial charge >= 0.3 is 5.97 Å². The number of carbonyl (C=O) groups is 1. The van der Waals surface area contributed by atoms with Crippen molar-refractivity contribution in [3.8, 4) is 0 Å². The van der Waals surface area contributed by atoms with Gasteiger partial charge in [-0.15, -0.1) is 0 Å². The van der Waals surface area contributed by atoms with Crippen molar-refractivity contribution >= 4 is 5.97 Å². The van der Waals surface area contributed by atoms with Gasteiger partial charge < -0.3 is 9.84 Å². The molecule has 0 radical (unpaired) electrons. The van der Waals surface area contributed by atoms with E-state index in [1.165, 1.54) is 45.4 Å². The second-order valence-electron chi connectivity index (χ2n) is 6.05. The van der Waals surface area contributed by atoms with Gasteiger partial charge in [-0.05, 0) is 18.9 Å². The third-order valence-electron chi connectivity index (χ3n) is 3.96. The van der Waals surface area contributed by atoms with Gasteiger partial charge in [0.1, 0.15) is 0 Å². The summed E-state index contributed by atoms with van der Waals surface area (Å²) in [6.07, 6.45) is 9.62. The first-order valence-corrected chi connectivity index (χ1v) is 8.54. The maximum absolute atomic E-state index is 12.0. The first-order chi connectivity index (χ1) is 10.6. The molecule has 1 N–H and O–H groups in total. The molecule has 0 heterocycles. The molecule has 3 nitrogen and oxygen atoms in total. The SMILES string of the molecule is CCCCCCCCCCOC(=O)C(C)(O)c1ccccc1. The lowest BCUT2D eigenvalue weighted by Gasteiger charge is -2.21. The van der Waals surface area contributed by atoms with Crippen LogP contribution in [-0.2, 0) is 15.1 Å². The number of ether oxygens (including phenoxy) is 1. The van der Waals surface area contributed by atoms with E-state index >= 15 is 0 Å². The van der Waals surface area contributed by atoms with Crippen LogP contribution in [0, 0.1) is 0 Å². The van der Waals surface area contributed by atoms with E-state index in [1.54, 1.807) is 24.3 Å². The second-order valence-corrected chi connectivity index (χ2v) is 6.05. The lowest BCUT2D eigenvalue weighted by atomic mass is 9.96. The summed E-state index contributed by atoms with van der Waals surface area (Å²) in [4.78, 5) is 12.0. The van der Waals surface area contributed by atoms with Gasteiger partial charge in [0.15, 0.2) is 5.60 Å². The van der Waals surface area contributed by atoms with Crippen LogP contribution in [-0.4, -0.2) is 17.7 Å². The van der Waals surface area contributed by atoms with E-state index in [1.807, 2.05) is 6.07 Å². The first-order valence-electron chi connectivity index (χ1n) is 8.54. The number of rotatable bonds is 11. The maximum Gasteiger partial charge on any atom is 0.342 e. The average Bonchev–Trinajstić information content (AvgIpc) is 2.54. The molecule has 0 saturated heterocycles. The zero-order valence-corrected chi connectivity index (χ0v) is 14.0. The topological polar surface area (TPSA) is 46.5 Å². The van der Waals surface area contributed by atoms with Gasteiger partial charge in [-0.3, -0.25) is 0 Å². The molecule has 0 amide bonds. The molecule has 0 aliphatic heterocycles. The highest BCUT2D eigenvalue weighted by Gasteiger charge is 2.33. The Kier molecular flexibility index (Phi) is 8.83. The number of hydrogen-bond acceptors (Lipinski definition) is 3. The molecule has 1 unspecified atom stereocenters. The predicted molar refractivity (Wildman–Crippen MR) is 89.6 cm³/mol. The van der Waals surface area contributed by atoms with Crippen molar-refractivity contribution in [2.75, 3.05) is 6.61 Å². The summed E-state index contributed by atoms with van der Waals surface area (Å²) >= 11 is 0. The van der Waals surface area contributed by atoms with Crippen LogP contribution < -0.4 is 0 Å². The smallest absolute Gasteiger partial charge is 0.342 e. The Morgan fingerprint density at radius 1 is 1.00 bits per heavy atom. The summed E-state index contributed by atoms with van der Waals surface area (Å²) in [6, 6.07) is 8.92. The minimum absolute atomic E-state index is 0.386. The van der Waals surface area contributed by atoms with E-state index in [-0.39, 0.29) is 0 Å². The molecule has 0 aliphatic rings. The van der Waals surface area contributed by atoms with Crippen molar-refractivity contribution in [1.82, 2.24) is 0 Å². The number of benzene rings is 1. The zero-order valence-electron chi connectivity index (χ0n) is 14.0. The van der Waals surface area contributed by atoms with E-state index < -0.39 is 11.6 Å². The quantitative estimate of drug-likeness (QED) is 0.481. The molecule has 0 bridgehead atoms. The Bertz CT molecular complexity index is 412. The zero-order chi connectivity index (χ0) is 16.3. The third kappa shape index (κ3) is 6.61. The molecule has 124 valence electrons. The van der Waals surface area contributed by atoms with Crippen molar-refractivity contribution < 1.29 is 14.6 Å². The maximum atomic E-state index is 12.0. The summed E-state index contributed by atoms with van der Waals surface area (Å²) in [7, 11) is 0. The van der Waals surface area contributed by atoms with Gasteiger partial charge in [-0.1, -0.05) is 82.2 Å². The average molecular weight is 306 g/mol. The summed E-state index contributed by atoms with van der Waals surface area (Å²) in [5.41, 5.74) is -1.00. The fourth-order valence-corrected chi connectivity index (χ4v) is 2.42. The van der Waals surface area contributed by atoms with Gasteiger partial charge in [-0.2, -0.15) is 0 Å². The minimum Gasteiger partial charge on any atom is -0.463 e. The van der Waals surface area contributed by atoms with E-state index in [2.05, 4.69) is 6.92 Å². The Labute approximate surface area is 134 Å². The molecule has 0 spiro atoms. The highest BCUT2D eigenvalue weighted by Crippen LogP contribution is 2.22. The molecule has 0 aliphatic carbocycles. The Hall–Kier alpha value is -1.35. The monoisotopic (exact) mass is 306 g/mol. The molecule has 0 aromatic heterocycles. The number of carbonyl (C=O) groups excluding carboxylic acids is 1. The second kappa shape index (κ2) is 10.4. The van der Waals surface area contributed by atoms with E-state index in [4.69, 9.17) is 4.74 Å². The van der Waals surface area contributed by atoms with Crippen molar-refractivity contribution in [2.45, 2.75) is 70.8 Å². The number of unbranched alkanes of at least 4 members (excludes halogenated alkanes) is 7. The van der Waals surface area contributed by atoms with E-state index in [0.29, 0.717) is 12.2 Å². The van der Waals surface area contributed by atoms with E-state index in [9.17, 15) is 9.90 Å². The molecule has 1 rings (SSSR count). The van der Waals surface area contributed by atoms with Crippen molar-refractivity contribution in [3.63, 3.8) is 0 Å². The standard InChI is InChI=1S/C19H30O3/c1-3-4-5-6-7-8-9-13-16-22-18(20)19(2,21)17-14-11-10-12-15-17/h10-12,14-15,21H,3-9,13,16H2,1-2H3. The van der Waals surface area contributed by atoms with Gasteiger partial charge in [0.05, 0.1) is 6.61 Å². The number of esters is 1. The predicted octanol–water partition coefficient (Wildman–Crippen LogP) is 4.58. The summed E-state index contributed by atoms with van der Waals surface area (Å²) in [5, 5.41) is 10.3. The minimum atomic E-state index is -1.57. The fraction of sp³-hybridized carbons (Fsp3) is 0.632. The molecule has 1 aromatic carbocycles. The largest absolute Gasteiger partial charge is 0.463 e. The van der Waals surface area contributed by atoms with Crippen LogP contribution in [0.25, 0.3) is 0 Å². The van der Waals surface area contributed by atoms with Crippen molar-refractivity contribution in [2.24, 2.45) is 0 Å².